The molecule has 0 radical (unpaired) electrons. The number of carbonyl (C=O) groups excluding carboxylic acids is 1. The monoisotopic (exact) mass is 794 g/mol. The van der Waals surface area contributed by atoms with Crippen molar-refractivity contribution in [2.45, 2.75) is 13.2 Å². The van der Waals surface area contributed by atoms with Crippen LogP contribution in [0.2, 0.25) is 20.1 Å². The summed E-state index contributed by atoms with van der Waals surface area (Å²) in [4.78, 5) is 13.7. The third-order valence-corrected chi connectivity index (χ3v) is 10.3. The van der Waals surface area contributed by atoms with Crippen LogP contribution in [-0.2, 0) is 32.2 Å². The Morgan fingerprint density at radius 2 is 1.24 bits per heavy atom. The van der Waals surface area contributed by atoms with Gasteiger partial charge in [-0.3, -0.25) is 4.79 Å². The van der Waals surface area contributed by atoms with Gasteiger partial charge in [-0.05, 0) is 89.0 Å². The lowest BCUT2D eigenvalue weighted by Crippen LogP contribution is -2.29. The molecule has 4 aromatic carbocycles. The first kappa shape index (κ1) is 37.4. The van der Waals surface area contributed by atoms with E-state index in [1.807, 2.05) is 48.5 Å². The van der Waals surface area contributed by atoms with E-state index >= 15 is 0 Å². The first-order valence-corrected chi connectivity index (χ1v) is 18.2. The highest BCUT2D eigenvalue weighted by Crippen LogP contribution is 2.39. The van der Waals surface area contributed by atoms with Crippen molar-refractivity contribution in [1.29, 1.82) is 0 Å². The summed E-state index contributed by atoms with van der Waals surface area (Å²) < 4.78 is 23.6. The molecule has 5 aromatic rings. The Kier molecular flexibility index (Phi) is 11.2. The maximum absolute atomic E-state index is 13.7. The van der Waals surface area contributed by atoms with Crippen molar-refractivity contribution in [3.8, 4) is 22.6 Å². The van der Waals surface area contributed by atoms with Gasteiger partial charge >= 0.3 is 11.5 Å². The summed E-state index contributed by atoms with van der Waals surface area (Å²) in [6, 6.07) is 29.2. The molecule has 0 bridgehead atoms. The predicted octanol–water partition coefficient (Wildman–Crippen LogP) is 11.4. The van der Waals surface area contributed by atoms with Crippen LogP contribution in [0.25, 0.3) is 40.2 Å². The van der Waals surface area contributed by atoms with E-state index in [0.717, 1.165) is 22.3 Å². The fourth-order valence-electron chi connectivity index (χ4n) is 6.17. The van der Waals surface area contributed by atoms with Gasteiger partial charge < -0.3 is 19.3 Å². The summed E-state index contributed by atoms with van der Waals surface area (Å²) in [6.07, 6.45) is 6.70. The second-order valence-corrected chi connectivity index (χ2v) is 14.1. The van der Waals surface area contributed by atoms with E-state index < -0.39 is 11.5 Å². The van der Waals surface area contributed by atoms with Gasteiger partial charge in [-0.25, -0.2) is 4.42 Å². The molecular weight excluding hydrogens is 766 g/mol. The molecule has 0 spiro atoms. The van der Waals surface area contributed by atoms with Gasteiger partial charge in [0, 0.05) is 36.5 Å². The molecule has 0 saturated heterocycles. The number of carbonyl (C=O) groups is 1. The van der Waals surface area contributed by atoms with Gasteiger partial charge in [0.2, 0.25) is 0 Å². The third-order valence-electron chi connectivity index (χ3n) is 8.80. The maximum atomic E-state index is 13.7. The van der Waals surface area contributed by atoms with Crippen LogP contribution >= 0.6 is 46.4 Å². The van der Waals surface area contributed by atoms with E-state index in [9.17, 15) is 9.90 Å². The summed E-state index contributed by atoms with van der Waals surface area (Å²) in [5.41, 5.74) is 5.96. The fourth-order valence-corrected chi connectivity index (χ4v) is 6.77. The molecule has 1 aliphatic heterocycles. The Balaban J connectivity index is 1.31. The van der Waals surface area contributed by atoms with Crippen LogP contribution in [0, 0.1) is 0 Å². The number of halogens is 4. The number of rotatable bonds is 10. The second kappa shape index (κ2) is 16.2. The second-order valence-electron chi connectivity index (χ2n) is 12.5. The summed E-state index contributed by atoms with van der Waals surface area (Å²) in [6.45, 7) is 0.701. The summed E-state index contributed by atoms with van der Waals surface area (Å²) >= 11 is 25.1. The largest absolute Gasteiger partial charge is 0.871 e. The maximum Gasteiger partial charge on any atom is 0.361 e. The van der Waals surface area contributed by atoms with Gasteiger partial charge in [0.25, 0.3) is 0 Å². The molecule has 0 saturated carbocycles. The summed E-state index contributed by atoms with van der Waals surface area (Å²) in [5, 5.41) is 15.3. The van der Waals surface area contributed by atoms with Crippen molar-refractivity contribution in [2.75, 3.05) is 14.2 Å². The molecule has 7 rings (SSSR count). The number of hydrogen-bond donors (Lipinski definition) is 0. The Labute approximate surface area is 332 Å². The van der Waals surface area contributed by atoms with E-state index in [1.165, 1.54) is 0 Å². The van der Waals surface area contributed by atoms with E-state index in [2.05, 4.69) is 0 Å². The molecule has 0 unspecified atom stereocenters. The molecule has 270 valence electrons. The molecule has 10 heteroatoms. The predicted molar refractivity (Wildman–Crippen MR) is 213 cm³/mol. The van der Waals surface area contributed by atoms with Gasteiger partial charge in [0.05, 0.1) is 56.6 Å². The van der Waals surface area contributed by atoms with E-state index in [1.54, 1.807) is 87.1 Å². The van der Waals surface area contributed by atoms with E-state index in [-0.39, 0.29) is 11.1 Å². The summed E-state index contributed by atoms with van der Waals surface area (Å²) in [7, 11) is 3.24. The number of allylic oxidation sites excluding steroid dienone is 6. The van der Waals surface area contributed by atoms with Crippen LogP contribution < -0.4 is 5.11 Å². The van der Waals surface area contributed by atoms with Crippen LogP contribution in [0.4, 0.5) is 0 Å². The number of methoxy groups -OCH3 is 2. The zero-order chi connectivity index (χ0) is 37.9. The summed E-state index contributed by atoms with van der Waals surface area (Å²) in [5.74, 6) is 1.16. The van der Waals surface area contributed by atoms with Crippen LogP contribution in [-0.4, -0.2) is 20.0 Å². The van der Waals surface area contributed by atoms with Crippen LogP contribution in [0.3, 0.4) is 0 Å². The highest BCUT2D eigenvalue weighted by atomic mass is 35.5. The van der Waals surface area contributed by atoms with Crippen molar-refractivity contribution in [2.24, 2.45) is 0 Å². The minimum Gasteiger partial charge on any atom is -0.871 e. The van der Waals surface area contributed by atoms with Crippen molar-refractivity contribution in [3.63, 3.8) is 0 Å². The molecule has 0 N–H and O–H groups in total. The van der Waals surface area contributed by atoms with Crippen LogP contribution in [0.15, 0.2) is 142 Å². The Morgan fingerprint density at radius 3 is 1.89 bits per heavy atom. The molecule has 0 atom stereocenters. The molecular formula is C44H30Cl4O6. The SMILES string of the molecule is COCc1ccccc1C1=CC(=CC2=C([O-])C(=Cc3cc(-c4ccc(Cl)c(Cl)c4)[o+]c(-c4ccccc4COC)c3)C2=O)C=C(c2ccc(Cl)c(Cl)c2)O1. The number of Topliss-reactive ketones (excluding diaryl/α,β-unsaturated/α-hetero) is 1. The van der Waals surface area contributed by atoms with Gasteiger partial charge in [0.1, 0.15) is 11.5 Å². The van der Waals surface area contributed by atoms with Gasteiger partial charge in [0.15, 0.2) is 5.78 Å². The minimum absolute atomic E-state index is 0.0413. The molecule has 0 amide bonds. The minimum atomic E-state index is -0.392. The highest BCUT2D eigenvalue weighted by Gasteiger charge is 2.29. The lowest BCUT2D eigenvalue weighted by Gasteiger charge is -2.29. The molecule has 2 heterocycles. The van der Waals surface area contributed by atoms with Crippen molar-refractivity contribution in [3.05, 3.63) is 186 Å². The molecule has 6 nitrogen and oxygen atoms in total. The topological polar surface area (TPSA) is 79.1 Å². The van der Waals surface area contributed by atoms with Crippen molar-refractivity contribution < 1.29 is 28.5 Å². The normalized spacial score (nSPS) is 15.6. The molecule has 54 heavy (non-hydrogen) atoms. The number of ketones is 1. The van der Waals surface area contributed by atoms with E-state index in [4.69, 9.17) is 65.0 Å². The Bertz CT molecular complexity index is 2480. The average Bonchev–Trinajstić information content (AvgIpc) is 3.18. The van der Waals surface area contributed by atoms with Crippen molar-refractivity contribution >= 4 is 69.8 Å². The van der Waals surface area contributed by atoms with Crippen LogP contribution in [0.1, 0.15) is 27.8 Å². The fraction of sp³-hybridized carbons (Fsp3) is 0.0909. The van der Waals surface area contributed by atoms with Crippen LogP contribution in [0.5, 0.6) is 0 Å². The molecule has 2 aliphatic rings. The van der Waals surface area contributed by atoms with E-state index in [0.29, 0.717) is 78.6 Å². The van der Waals surface area contributed by atoms with Gasteiger partial charge in [-0.15, -0.1) is 0 Å². The standard InChI is InChI=1S/C44H30Cl4O6/c1-51-23-29-7-3-5-9-31(29)41-19-25(17-39(53-41)27-11-13-35(45)37(47)21-27)15-33-43(49)34(44(33)50)16-26-18-40(28-12-14-36(46)38(48)22-28)54-42(20-26)32-10-6-4-8-30(32)24-52-2/h3-22H,23-24H2,1-2H3. The highest BCUT2D eigenvalue weighted by molar-refractivity contribution is 6.42. The lowest BCUT2D eigenvalue weighted by atomic mass is 9.85. The first-order valence-electron chi connectivity index (χ1n) is 16.7. The van der Waals surface area contributed by atoms with Gasteiger partial charge in [-0.1, -0.05) is 94.6 Å². The van der Waals surface area contributed by atoms with Gasteiger partial charge in [-0.2, -0.15) is 0 Å². The lowest BCUT2D eigenvalue weighted by molar-refractivity contribution is -0.300. The smallest absolute Gasteiger partial charge is 0.361 e. The molecule has 1 aliphatic carbocycles. The number of benzene rings is 4. The Hall–Kier alpha value is -4.92. The number of hydrogen-bond acceptors (Lipinski definition) is 5. The third kappa shape index (κ3) is 7.82. The molecule has 1 aromatic heterocycles. The Morgan fingerprint density at radius 1 is 0.667 bits per heavy atom. The average molecular weight is 797 g/mol. The first-order chi connectivity index (χ1) is 26.1. The zero-order valence-electron chi connectivity index (χ0n) is 28.9. The quantitative estimate of drug-likeness (QED) is 0.103. The zero-order valence-corrected chi connectivity index (χ0v) is 31.9. The van der Waals surface area contributed by atoms with Crippen molar-refractivity contribution in [1.82, 2.24) is 0 Å². The number of ether oxygens (including phenoxy) is 3. The molecule has 0 fully saturated rings.